The highest BCUT2D eigenvalue weighted by atomic mass is 19.1. The Balaban J connectivity index is 1.98. The van der Waals surface area contributed by atoms with E-state index in [9.17, 15) is 0 Å². The molecular formula is C53H56FN. The predicted molar refractivity (Wildman–Crippen MR) is 242 cm³/mol. The Morgan fingerprint density at radius 3 is 2.31 bits per heavy atom. The van der Waals surface area contributed by atoms with Crippen molar-refractivity contribution in [1.29, 1.82) is 0 Å². The lowest BCUT2D eigenvalue weighted by atomic mass is 9.79. The second-order valence-corrected chi connectivity index (χ2v) is 13.6. The molecular weight excluding hydrogens is 670 g/mol. The van der Waals surface area contributed by atoms with Gasteiger partial charge in [-0.2, -0.15) is 0 Å². The van der Waals surface area contributed by atoms with Crippen LogP contribution in [-0.4, -0.2) is 11.7 Å². The van der Waals surface area contributed by atoms with Gasteiger partial charge in [0.15, 0.2) is 0 Å². The minimum atomic E-state index is -0.646. The first-order valence-electron chi connectivity index (χ1n) is 19.2. The number of hydrogen-bond acceptors (Lipinski definition) is 1. The van der Waals surface area contributed by atoms with Crippen LogP contribution in [0.4, 0.5) is 4.39 Å². The number of allylic oxidation sites excluding steroid dienone is 14. The topological polar surface area (TPSA) is 12.9 Å². The Labute approximate surface area is 330 Å². The monoisotopic (exact) mass is 725 g/mol. The van der Waals surface area contributed by atoms with Gasteiger partial charge in [-0.05, 0) is 120 Å². The number of alkyl halides is 1. The number of hydrogen-bond donors (Lipinski definition) is 0. The normalized spacial score (nSPS) is 13.6. The molecule has 1 atom stereocenters. The van der Waals surface area contributed by atoms with Crippen molar-refractivity contribution >= 4 is 29.4 Å². The van der Waals surface area contributed by atoms with E-state index in [-0.39, 0.29) is 5.92 Å². The average Bonchev–Trinajstić information content (AvgIpc) is 3.19. The molecule has 4 aromatic rings. The van der Waals surface area contributed by atoms with Crippen LogP contribution >= 0.6 is 0 Å². The minimum Gasteiger partial charge on any atom is -0.256 e. The van der Waals surface area contributed by atoms with Crippen LogP contribution in [0.1, 0.15) is 90.2 Å². The highest BCUT2D eigenvalue weighted by Gasteiger charge is 2.24. The van der Waals surface area contributed by atoms with E-state index in [1.165, 1.54) is 16.7 Å². The van der Waals surface area contributed by atoms with Gasteiger partial charge in [-0.15, -0.1) is 0 Å². The van der Waals surface area contributed by atoms with Crippen LogP contribution in [0.5, 0.6) is 0 Å². The van der Waals surface area contributed by atoms with Crippen molar-refractivity contribution < 1.29 is 4.39 Å². The van der Waals surface area contributed by atoms with Gasteiger partial charge >= 0.3 is 0 Å². The van der Waals surface area contributed by atoms with Gasteiger partial charge in [-0.25, -0.2) is 4.39 Å². The van der Waals surface area contributed by atoms with Gasteiger partial charge in [0.2, 0.25) is 0 Å². The molecule has 2 heteroatoms. The van der Waals surface area contributed by atoms with Gasteiger partial charge in [0, 0.05) is 17.7 Å². The Morgan fingerprint density at radius 1 is 0.855 bits per heavy atom. The highest BCUT2D eigenvalue weighted by molar-refractivity contribution is 5.85. The number of nitrogens with zero attached hydrogens (tertiary/aromatic N) is 1. The molecule has 0 saturated heterocycles. The van der Waals surface area contributed by atoms with E-state index in [2.05, 4.69) is 138 Å². The van der Waals surface area contributed by atoms with Crippen LogP contribution < -0.4 is 0 Å². The fraction of sp³-hybridized carbons (Fsp3) is 0.189. The summed E-state index contributed by atoms with van der Waals surface area (Å²) >= 11 is 0. The molecule has 0 amide bonds. The Bertz CT molecular complexity index is 2210. The quantitative estimate of drug-likeness (QED) is 0.0988. The van der Waals surface area contributed by atoms with Crippen LogP contribution in [0.25, 0.3) is 40.5 Å². The van der Waals surface area contributed by atoms with E-state index in [1.54, 1.807) is 12.3 Å². The largest absolute Gasteiger partial charge is 0.256 e. The Kier molecular flexibility index (Phi) is 16.1. The number of aromatic nitrogens is 1. The third-order valence-corrected chi connectivity index (χ3v) is 9.97. The summed E-state index contributed by atoms with van der Waals surface area (Å²) in [5.41, 5.74) is 15.7. The van der Waals surface area contributed by atoms with Gasteiger partial charge in [-0.3, -0.25) is 4.98 Å². The highest BCUT2D eigenvalue weighted by Crippen LogP contribution is 2.41. The van der Waals surface area contributed by atoms with Gasteiger partial charge in [0.05, 0.1) is 5.69 Å². The molecule has 3 aromatic carbocycles. The lowest BCUT2D eigenvalue weighted by Crippen LogP contribution is -2.10. The molecule has 1 unspecified atom stereocenters. The minimum absolute atomic E-state index is 0.186. The number of aryl methyl sites for hydroxylation is 2. The molecule has 1 heterocycles. The SMILES string of the molecule is C=C/C=C\C(=C(/CF)c1ncccc1CC)C(C/C(C)=C\C(=C/C=C)c1cccc(C=C)c1/C=C\C)c1ccc(-c2cccc(/C=C\C=C/C)c2C)cc1C. The number of halogens is 1. The molecule has 0 aliphatic rings. The standard InChI is InChI=1S/C53H56FN/c1-10-16-18-24-43-26-20-29-47(40(43)9)45-31-32-46(39(8)36-45)51(50(28-17-11-2)52(37-54)53-42(15-6)27-21-33-55-53)35-38(7)34-44(22-12-3)49-30-19-25-41(14-5)48(49)23-13-4/h10-14,16-34,36,51H,2-3,5,15,35,37H2,1,4,6-9H3/b16-10-,23-13-,24-18-,28-17-,38-34-,44-22+,52-50-. The van der Waals surface area contributed by atoms with Crippen molar-refractivity contribution in [3.05, 3.63) is 215 Å². The maximum Gasteiger partial charge on any atom is 0.117 e. The van der Waals surface area contributed by atoms with Crippen molar-refractivity contribution in [3.8, 4) is 11.1 Å². The summed E-state index contributed by atoms with van der Waals surface area (Å²) in [5, 5.41) is 0. The molecule has 1 nitrogen and oxygen atoms in total. The third kappa shape index (κ3) is 10.4. The van der Waals surface area contributed by atoms with Crippen molar-refractivity contribution in [2.24, 2.45) is 0 Å². The first-order valence-corrected chi connectivity index (χ1v) is 19.2. The van der Waals surface area contributed by atoms with Crippen LogP contribution in [0.15, 0.2) is 165 Å². The summed E-state index contributed by atoms with van der Waals surface area (Å²) in [7, 11) is 0. The van der Waals surface area contributed by atoms with Crippen molar-refractivity contribution in [2.75, 3.05) is 6.67 Å². The first kappa shape index (κ1) is 41.9. The summed E-state index contributed by atoms with van der Waals surface area (Å²) in [6.45, 7) is 24.1. The van der Waals surface area contributed by atoms with Crippen LogP contribution in [0.3, 0.4) is 0 Å². The van der Waals surface area contributed by atoms with Gasteiger partial charge in [0.25, 0.3) is 0 Å². The molecule has 0 N–H and O–H groups in total. The van der Waals surface area contributed by atoms with Crippen molar-refractivity contribution in [3.63, 3.8) is 0 Å². The second kappa shape index (κ2) is 21.1. The molecule has 0 aliphatic heterocycles. The fourth-order valence-corrected chi connectivity index (χ4v) is 7.26. The number of benzene rings is 3. The summed E-state index contributed by atoms with van der Waals surface area (Å²) in [6.07, 6.45) is 29.4. The number of pyridine rings is 1. The molecule has 0 bridgehead atoms. The Morgan fingerprint density at radius 2 is 1.64 bits per heavy atom. The average molecular weight is 726 g/mol. The summed E-state index contributed by atoms with van der Waals surface area (Å²) in [6, 6.07) is 23.4. The zero-order valence-corrected chi connectivity index (χ0v) is 33.6. The molecule has 4 rings (SSSR count). The molecule has 0 spiro atoms. The lowest BCUT2D eigenvalue weighted by Gasteiger charge is -2.26. The van der Waals surface area contributed by atoms with Gasteiger partial charge in [-0.1, -0.05) is 172 Å². The molecule has 280 valence electrons. The van der Waals surface area contributed by atoms with Crippen molar-refractivity contribution in [2.45, 2.75) is 60.3 Å². The smallest absolute Gasteiger partial charge is 0.117 e. The molecule has 0 radical (unpaired) electrons. The van der Waals surface area contributed by atoms with E-state index in [4.69, 9.17) is 4.98 Å². The number of rotatable bonds is 17. The molecule has 0 fully saturated rings. The lowest BCUT2D eigenvalue weighted by molar-refractivity contribution is 0.566. The summed E-state index contributed by atoms with van der Waals surface area (Å²) in [5.74, 6) is -0.186. The molecule has 0 aliphatic carbocycles. The third-order valence-electron chi connectivity index (χ3n) is 9.97. The maximum absolute atomic E-state index is 15.6. The van der Waals surface area contributed by atoms with Crippen LogP contribution in [0, 0.1) is 13.8 Å². The fourth-order valence-electron chi connectivity index (χ4n) is 7.26. The van der Waals surface area contributed by atoms with Crippen LogP contribution in [-0.2, 0) is 6.42 Å². The summed E-state index contributed by atoms with van der Waals surface area (Å²) in [4.78, 5) is 4.76. The predicted octanol–water partition coefficient (Wildman–Crippen LogP) is 15.0. The van der Waals surface area contributed by atoms with Gasteiger partial charge in [0.1, 0.15) is 6.67 Å². The first-order chi connectivity index (χ1) is 26.8. The van der Waals surface area contributed by atoms with Crippen LogP contribution in [0.2, 0.25) is 0 Å². The van der Waals surface area contributed by atoms with E-state index in [0.29, 0.717) is 17.7 Å². The van der Waals surface area contributed by atoms with E-state index < -0.39 is 6.67 Å². The van der Waals surface area contributed by atoms with Gasteiger partial charge < -0.3 is 0 Å². The van der Waals surface area contributed by atoms with E-state index in [1.807, 2.05) is 62.4 Å². The Hall–Kier alpha value is -5.86. The molecule has 1 aromatic heterocycles. The maximum atomic E-state index is 15.6. The molecule has 0 saturated carbocycles. The summed E-state index contributed by atoms with van der Waals surface area (Å²) < 4.78 is 15.6. The van der Waals surface area contributed by atoms with E-state index in [0.717, 1.165) is 62.1 Å². The zero-order valence-electron chi connectivity index (χ0n) is 33.6. The zero-order chi connectivity index (χ0) is 39.7. The van der Waals surface area contributed by atoms with E-state index >= 15 is 4.39 Å². The second-order valence-electron chi connectivity index (χ2n) is 13.6. The molecule has 55 heavy (non-hydrogen) atoms. The van der Waals surface area contributed by atoms with Crippen molar-refractivity contribution in [1.82, 2.24) is 4.98 Å².